The largest absolute Gasteiger partial charge is 0.392 e. The zero-order valence-electron chi connectivity index (χ0n) is 17.8. The second kappa shape index (κ2) is 7.40. The fraction of sp³-hybridized carbons (Fsp3) is 0.375. The molecule has 0 aromatic heterocycles. The van der Waals surface area contributed by atoms with E-state index >= 15 is 0 Å². The van der Waals surface area contributed by atoms with Gasteiger partial charge in [0.1, 0.15) is 5.54 Å². The minimum absolute atomic E-state index is 0.223. The Hall–Kier alpha value is -2.74. The quantitative estimate of drug-likeness (QED) is 0.615. The number of likely N-dealkylation sites (tertiary alicyclic amines) is 1. The van der Waals surface area contributed by atoms with E-state index in [1.165, 1.54) is 4.90 Å². The number of carbonyl (C=O) groups excluding carboxylic acids is 3. The number of anilines is 1. The summed E-state index contributed by atoms with van der Waals surface area (Å²) in [5.41, 5.74) is 1.48. The van der Waals surface area contributed by atoms with Crippen LogP contribution < -0.4 is 10.6 Å². The van der Waals surface area contributed by atoms with Gasteiger partial charge in [0.2, 0.25) is 17.7 Å². The van der Waals surface area contributed by atoms with E-state index in [9.17, 15) is 19.5 Å². The van der Waals surface area contributed by atoms with Crippen molar-refractivity contribution in [3.8, 4) is 0 Å². The van der Waals surface area contributed by atoms with Crippen LogP contribution in [0.5, 0.6) is 0 Å². The van der Waals surface area contributed by atoms with Crippen molar-refractivity contribution in [2.45, 2.75) is 38.0 Å². The van der Waals surface area contributed by atoms with Gasteiger partial charge in [0.05, 0.1) is 17.9 Å². The van der Waals surface area contributed by atoms with Crippen LogP contribution in [0, 0.1) is 18.8 Å². The van der Waals surface area contributed by atoms with Gasteiger partial charge in [0.15, 0.2) is 0 Å². The van der Waals surface area contributed by atoms with Crippen molar-refractivity contribution in [2.75, 3.05) is 11.9 Å². The van der Waals surface area contributed by atoms with Crippen molar-refractivity contribution in [1.82, 2.24) is 10.2 Å². The smallest absolute Gasteiger partial charge is 0.250 e. The third-order valence-corrected chi connectivity index (χ3v) is 7.22. The zero-order chi connectivity index (χ0) is 22.8. The van der Waals surface area contributed by atoms with E-state index in [4.69, 9.17) is 11.6 Å². The summed E-state index contributed by atoms with van der Waals surface area (Å²) in [4.78, 5) is 41.7. The van der Waals surface area contributed by atoms with Gasteiger partial charge in [-0.3, -0.25) is 24.6 Å². The van der Waals surface area contributed by atoms with Crippen LogP contribution in [-0.4, -0.2) is 46.4 Å². The van der Waals surface area contributed by atoms with Crippen molar-refractivity contribution in [2.24, 2.45) is 11.8 Å². The first-order valence-corrected chi connectivity index (χ1v) is 11.1. The molecule has 2 fully saturated rings. The SMILES string of the molecule is Cc1cc(Cl)cc2c1NC(=O)[C@]21N[C@@H]([C@H](C)O)[C@H]2C(=O)N(CCc3ccccc3)C(=O)[C@H]21. The fourth-order valence-corrected chi connectivity index (χ4v) is 5.82. The van der Waals surface area contributed by atoms with E-state index in [1.54, 1.807) is 19.1 Å². The van der Waals surface area contributed by atoms with Crippen LogP contribution in [0.25, 0.3) is 0 Å². The van der Waals surface area contributed by atoms with Gasteiger partial charge < -0.3 is 10.4 Å². The molecule has 2 aromatic carbocycles. The molecule has 2 aromatic rings. The molecule has 0 aliphatic carbocycles. The molecule has 32 heavy (non-hydrogen) atoms. The summed E-state index contributed by atoms with van der Waals surface area (Å²) in [7, 11) is 0. The van der Waals surface area contributed by atoms with Crippen LogP contribution >= 0.6 is 11.6 Å². The van der Waals surface area contributed by atoms with Gasteiger partial charge in [-0.05, 0) is 43.5 Å². The molecule has 0 saturated carbocycles. The maximum Gasteiger partial charge on any atom is 0.250 e. The Bertz CT molecular complexity index is 1140. The molecule has 3 aliphatic rings. The summed E-state index contributed by atoms with van der Waals surface area (Å²) in [6.45, 7) is 3.62. The lowest BCUT2D eigenvalue weighted by Crippen LogP contribution is -2.55. The highest BCUT2D eigenvalue weighted by molar-refractivity contribution is 6.31. The van der Waals surface area contributed by atoms with E-state index in [0.29, 0.717) is 22.7 Å². The zero-order valence-corrected chi connectivity index (χ0v) is 18.5. The van der Waals surface area contributed by atoms with Gasteiger partial charge in [0, 0.05) is 28.9 Å². The van der Waals surface area contributed by atoms with Crippen molar-refractivity contribution < 1.29 is 19.5 Å². The van der Waals surface area contributed by atoms with Crippen LogP contribution in [-0.2, 0) is 26.3 Å². The summed E-state index contributed by atoms with van der Waals surface area (Å²) in [6.07, 6.45) is -0.421. The number of amides is 3. The number of fused-ring (bicyclic) bond motifs is 4. The monoisotopic (exact) mass is 453 g/mol. The Balaban J connectivity index is 1.58. The Labute approximate surface area is 190 Å². The normalized spacial score (nSPS) is 29.4. The van der Waals surface area contributed by atoms with Gasteiger partial charge in [0.25, 0.3) is 0 Å². The molecule has 2 saturated heterocycles. The lowest BCUT2D eigenvalue weighted by molar-refractivity contribution is -0.143. The molecule has 0 unspecified atom stereocenters. The molecule has 5 rings (SSSR count). The summed E-state index contributed by atoms with van der Waals surface area (Å²) in [5.74, 6) is -2.95. The lowest BCUT2D eigenvalue weighted by atomic mass is 9.76. The molecule has 0 radical (unpaired) electrons. The predicted octanol–water partition coefficient (Wildman–Crippen LogP) is 1.99. The van der Waals surface area contributed by atoms with E-state index in [2.05, 4.69) is 10.6 Å². The van der Waals surface area contributed by atoms with Crippen molar-refractivity contribution in [1.29, 1.82) is 0 Å². The molecule has 5 atom stereocenters. The minimum Gasteiger partial charge on any atom is -0.392 e. The third-order valence-electron chi connectivity index (χ3n) is 7.00. The topological polar surface area (TPSA) is 98.7 Å². The van der Waals surface area contributed by atoms with E-state index in [0.717, 1.165) is 11.1 Å². The molecule has 7 nitrogen and oxygen atoms in total. The summed E-state index contributed by atoms with van der Waals surface area (Å²) < 4.78 is 0. The number of hydrogen-bond acceptors (Lipinski definition) is 5. The second-order valence-electron chi connectivity index (χ2n) is 8.89. The Morgan fingerprint density at radius 2 is 1.88 bits per heavy atom. The first-order chi connectivity index (χ1) is 15.3. The number of benzene rings is 2. The number of aliphatic hydroxyl groups is 1. The predicted molar refractivity (Wildman–Crippen MR) is 119 cm³/mol. The highest BCUT2D eigenvalue weighted by Crippen LogP contribution is 2.54. The summed E-state index contributed by atoms with van der Waals surface area (Å²) >= 11 is 6.31. The van der Waals surface area contributed by atoms with Crippen LogP contribution in [0.15, 0.2) is 42.5 Å². The fourth-order valence-electron chi connectivity index (χ4n) is 5.54. The number of imide groups is 1. The van der Waals surface area contributed by atoms with Gasteiger partial charge in [-0.1, -0.05) is 41.9 Å². The number of hydrogen-bond donors (Lipinski definition) is 3. The average molecular weight is 454 g/mol. The number of nitrogens with zero attached hydrogens (tertiary/aromatic N) is 1. The maximum absolute atomic E-state index is 13.6. The molecule has 1 spiro atoms. The molecule has 8 heteroatoms. The standard InChI is InChI=1S/C24H24ClN3O4/c1-12-10-15(25)11-16-19(12)26-23(32)24(16)18-17(20(27-24)13(2)29)21(30)28(22(18)31)9-8-14-6-4-3-5-7-14/h3-7,10-11,13,17-18,20,27,29H,8-9H2,1-2H3,(H,26,32)/t13-,17-,18-,20-,24-/m0/s1. The van der Waals surface area contributed by atoms with Crippen LogP contribution in [0.3, 0.4) is 0 Å². The number of rotatable bonds is 4. The van der Waals surface area contributed by atoms with Crippen LogP contribution in [0.2, 0.25) is 5.02 Å². The van der Waals surface area contributed by atoms with Gasteiger partial charge in [-0.2, -0.15) is 0 Å². The van der Waals surface area contributed by atoms with E-state index < -0.39 is 41.3 Å². The van der Waals surface area contributed by atoms with Crippen LogP contribution in [0.1, 0.15) is 23.6 Å². The Kier molecular flexibility index (Phi) is 4.89. The molecule has 3 aliphatic heterocycles. The number of aryl methyl sites for hydroxylation is 1. The molecular formula is C24H24ClN3O4. The van der Waals surface area contributed by atoms with Crippen molar-refractivity contribution in [3.05, 3.63) is 64.2 Å². The van der Waals surface area contributed by atoms with E-state index in [-0.39, 0.29) is 12.5 Å². The molecule has 3 heterocycles. The van der Waals surface area contributed by atoms with Crippen molar-refractivity contribution in [3.63, 3.8) is 0 Å². The highest BCUT2D eigenvalue weighted by Gasteiger charge is 2.71. The van der Waals surface area contributed by atoms with Crippen molar-refractivity contribution >= 4 is 35.0 Å². The summed E-state index contributed by atoms with van der Waals surface area (Å²) in [5, 5.41) is 17.0. The lowest BCUT2D eigenvalue weighted by Gasteiger charge is -2.30. The molecule has 3 N–H and O–H groups in total. The second-order valence-corrected chi connectivity index (χ2v) is 9.32. The number of halogens is 1. The third kappa shape index (κ3) is 2.85. The highest BCUT2D eigenvalue weighted by atomic mass is 35.5. The van der Waals surface area contributed by atoms with Crippen LogP contribution in [0.4, 0.5) is 5.69 Å². The molecule has 166 valence electrons. The Morgan fingerprint density at radius 1 is 1.16 bits per heavy atom. The number of nitrogens with one attached hydrogen (secondary N) is 2. The molecular weight excluding hydrogens is 430 g/mol. The maximum atomic E-state index is 13.6. The molecule has 0 bridgehead atoms. The number of aliphatic hydroxyl groups excluding tert-OH is 1. The summed E-state index contributed by atoms with van der Waals surface area (Å²) in [6, 6.07) is 12.3. The van der Waals surface area contributed by atoms with Gasteiger partial charge >= 0.3 is 0 Å². The average Bonchev–Trinajstić information content (AvgIpc) is 3.34. The minimum atomic E-state index is -1.45. The van der Waals surface area contributed by atoms with Gasteiger partial charge in [-0.25, -0.2) is 0 Å². The van der Waals surface area contributed by atoms with Gasteiger partial charge in [-0.15, -0.1) is 0 Å². The first-order valence-electron chi connectivity index (χ1n) is 10.7. The Morgan fingerprint density at radius 3 is 2.56 bits per heavy atom. The van der Waals surface area contributed by atoms with E-state index in [1.807, 2.05) is 37.3 Å². The molecule has 3 amide bonds. The first kappa shape index (κ1) is 21.1. The number of carbonyl (C=O) groups is 3.